The average molecular weight is 425 g/mol. The summed E-state index contributed by atoms with van der Waals surface area (Å²) >= 11 is 0. The van der Waals surface area contributed by atoms with E-state index in [9.17, 15) is 9.59 Å². The fourth-order valence-corrected chi connectivity index (χ4v) is 3.35. The lowest BCUT2D eigenvalue weighted by Crippen LogP contribution is -2.45. The summed E-state index contributed by atoms with van der Waals surface area (Å²) in [6.45, 7) is 0.898. The van der Waals surface area contributed by atoms with Gasteiger partial charge in [0.2, 0.25) is 0 Å². The fourth-order valence-electron chi connectivity index (χ4n) is 3.35. The molecule has 0 fully saturated rings. The van der Waals surface area contributed by atoms with Crippen LogP contribution in [-0.2, 0) is 17.9 Å². The molecule has 4 rings (SSSR count). The van der Waals surface area contributed by atoms with Crippen LogP contribution in [0, 0.1) is 0 Å². The number of nitrogens with one attached hydrogen (secondary N) is 1. The second kappa shape index (κ2) is 10.3. The zero-order chi connectivity index (χ0) is 22.2. The van der Waals surface area contributed by atoms with Crippen LogP contribution in [0.1, 0.15) is 21.5 Å². The van der Waals surface area contributed by atoms with Gasteiger partial charge in [0.05, 0.1) is 6.54 Å². The lowest BCUT2D eigenvalue weighted by atomic mass is 10.1. The highest BCUT2D eigenvalue weighted by molar-refractivity contribution is 5.98. The summed E-state index contributed by atoms with van der Waals surface area (Å²) in [6, 6.07) is 25.8. The number of ether oxygens (including phenoxy) is 1. The van der Waals surface area contributed by atoms with E-state index in [0.717, 1.165) is 11.1 Å². The van der Waals surface area contributed by atoms with E-state index < -0.39 is 6.04 Å². The fraction of sp³-hybridized carbons (Fsp3) is 0.111. The van der Waals surface area contributed by atoms with Crippen LogP contribution >= 0.6 is 0 Å². The van der Waals surface area contributed by atoms with Gasteiger partial charge in [0.1, 0.15) is 18.4 Å². The van der Waals surface area contributed by atoms with Crippen LogP contribution in [0.2, 0.25) is 0 Å². The highest BCUT2D eigenvalue weighted by atomic mass is 16.5. The summed E-state index contributed by atoms with van der Waals surface area (Å²) in [5.74, 6) is 0.174. The van der Waals surface area contributed by atoms with Gasteiger partial charge in [-0.3, -0.25) is 9.59 Å². The molecule has 0 spiro atoms. The molecule has 1 aliphatic rings. The Hall–Kier alpha value is -4.12. The third kappa shape index (κ3) is 5.52. The first-order chi connectivity index (χ1) is 15.7. The summed E-state index contributed by atoms with van der Waals surface area (Å²) in [7, 11) is 0. The Morgan fingerprint density at radius 2 is 1.50 bits per heavy atom. The number of allylic oxidation sites excluding steroid dienone is 2. The molecule has 1 heterocycles. The molecule has 0 aliphatic carbocycles. The minimum atomic E-state index is -0.741. The quantitative estimate of drug-likeness (QED) is 0.609. The standard InChI is InChI=1S/C27H24N2O3/c30-26(23-14-16-24(17-15-23)32-20-22-11-5-2-6-12-22)28-25-13-7-8-18-29(27(25)31)19-21-9-3-1-4-10-21/h1-18,25H,19-20H2,(H,28,30). The van der Waals surface area contributed by atoms with Gasteiger partial charge in [-0.05, 0) is 41.5 Å². The molecule has 1 aliphatic heterocycles. The molecule has 5 nitrogen and oxygen atoms in total. The summed E-state index contributed by atoms with van der Waals surface area (Å²) < 4.78 is 5.77. The van der Waals surface area contributed by atoms with Crippen molar-refractivity contribution in [2.24, 2.45) is 0 Å². The van der Waals surface area contributed by atoms with E-state index >= 15 is 0 Å². The topological polar surface area (TPSA) is 58.6 Å². The normalized spacial score (nSPS) is 15.3. The van der Waals surface area contributed by atoms with Crippen molar-refractivity contribution in [1.82, 2.24) is 10.2 Å². The van der Waals surface area contributed by atoms with E-state index in [-0.39, 0.29) is 11.8 Å². The maximum absolute atomic E-state index is 13.0. The average Bonchev–Trinajstić information content (AvgIpc) is 3.01. The minimum Gasteiger partial charge on any atom is -0.489 e. The molecule has 1 N–H and O–H groups in total. The first kappa shape index (κ1) is 21.1. The third-order valence-electron chi connectivity index (χ3n) is 5.08. The third-order valence-corrected chi connectivity index (χ3v) is 5.08. The van der Waals surface area contributed by atoms with Crippen LogP contribution in [0.5, 0.6) is 5.75 Å². The molecule has 5 heteroatoms. The number of hydrogen-bond acceptors (Lipinski definition) is 3. The lowest BCUT2D eigenvalue weighted by molar-refractivity contribution is -0.129. The Bertz CT molecular complexity index is 1110. The number of carbonyl (C=O) groups is 2. The molecule has 3 aromatic rings. The van der Waals surface area contributed by atoms with Gasteiger partial charge in [0.15, 0.2) is 0 Å². The van der Waals surface area contributed by atoms with Crippen molar-refractivity contribution < 1.29 is 14.3 Å². The zero-order valence-corrected chi connectivity index (χ0v) is 17.6. The molecule has 160 valence electrons. The molecule has 0 radical (unpaired) electrons. The van der Waals surface area contributed by atoms with Crippen molar-refractivity contribution in [3.05, 3.63) is 126 Å². The minimum absolute atomic E-state index is 0.185. The Labute approximate surface area is 187 Å². The smallest absolute Gasteiger partial charge is 0.253 e. The van der Waals surface area contributed by atoms with Crippen molar-refractivity contribution in [3.8, 4) is 5.75 Å². The Kier molecular flexibility index (Phi) is 6.78. The van der Waals surface area contributed by atoms with Gasteiger partial charge in [-0.2, -0.15) is 0 Å². The molecule has 32 heavy (non-hydrogen) atoms. The maximum atomic E-state index is 13.0. The van der Waals surface area contributed by atoms with Crippen LogP contribution in [0.25, 0.3) is 0 Å². The van der Waals surface area contributed by atoms with Crippen molar-refractivity contribution in [2.75, 3.05) is 0 Å². The molecule has 0 saturated carbocycles. The maximum Gasteiger partial charge on any atom is 0.253 e. The molecule has 2 amide bonds. The van der Waals surface area contributed by atoms with Crippen molar-refractivity contribution in [2.45, 2.75) is 19.2 Å². The predicted octanol–water partition coefficient (Wildman–Crippen LogP) is 4.48. The summed E-state index contributed by atoms with van der Waals surface area (Å²) in [5, 5.41) is 2.82. The predicted molar refractivity (Wildman–Crippen MR) is 124 cm³/mol. The highest BCUT2D eigenvalue weighted by Crippen LogP contribution is 2.15. The number of hydrogen-bond donors (Lipinski definition) is 1. The van der Waals surface area contributed by atoms with E-state index in [1.807, 2.05) is 60.7 Å². The zero-order valence-electron chi connectivity index (χ0n) is 17.6. The molecular weight excluding hydrogens is 400 g/mol. The first-order valence-electron chi connectivity index (χ1n) is 10.5. The number of nitrogens with zero attached hydrogens (tertiary/aromatic N) is 1. The molecule has 0 bridgehead atoms. The van der Waals surface area contributed by atoms with Crippen LogP contribution < -0.4 is 10.1 Å². The van der Waals surface area contributed by atoms with Crippen LogP contribution in [-0.4, -0.2) is 22.8 Å². The molecule has 3 aromatic carbocycles. The van der Waals surface area contributed by atoms with Crippen molar-refractivity contribution in [1.29, 1.82) is 0 Å². The monoisotopic (exact) mass is 424 g/mol. The highest BCUT2D eigenvalue weighted by Gasteiger charge is 2.24. The summed E-state index contributed by atoms with van der Waals surface area (Å²) in [4.78, 5) is 27.3. The van der Waals surface area contributed by atoms with E-state index in [2.05, 4.69) is 5.32 Å². The molecule has 0 saturated heterocycles. The van der Waals surface area contributed by atoms with E-state index in [1.54, 1.807) is 53.6 Å². The second-order valence-electron chi connectivity index (χ2n) is 7.43. The summed E-state index contributed by atoms with van der Waals surface area (Å²) in [5.41, 5.74) is 2.55. The first-order valence-corrected chi connectivity index (χ1v) is 10.5. The SMILES string of the molecule is O=C(NC1C=CC=CN(Cc2ccccc2)C1=O)c1ccc(OCc2ccccc2)cc1. The van der Waals surface area contributed by atoms with Crippen LogP contribution in [0.15, 0.2) is 109 Å². The molecule has 1 unspecified atom stereocenters. The van der Waals surface area contributed by atoms with Gasteiger partial charge in [-0.1, -0.05) is 72.8 Å². The van der Waals surface area contributed by atoms with Gasteiger partial charge in [-0.15, -0.1) is 0 Å². The molecular formula is C27H24N2O3. The Morgan fingerprint density at radius 3 is 2.19 bits per heavy atom. The van der Waals surface area contributed by atoms with Crippen molar-refractivity contribution in [3.63, 3.8) is 0 Å². The van der Waals surface area contributed by atoms with Gasteiger partial charge in [-0.25, -0.2) is 0 Å². The number of carbonyl (C=O) groups excluding carboxylic acids is 2. The lowest BCUT2D eigenvalue weighted by Gasteiger charge is -2.22. The molecule has 0 aromatic heterocycles. The van der Waals surface area contributed by atoms with E-state index in [4.69, 9.17) is 4.74 Å². The number of rotatable bonds is 7. The van der Waals surface area contributed by atoms with Gasteiger partial charge in [0.25, 0.3) is 11.8 Å². The van der Waals surface area contributed by atoms with Crippen LogP contribution in [0.3, 0.4) is 0 Å². The van der Waals surface area contributed by atoms with Gasteiger partial charge in [0, 0.05) is 11.8 Å². The summed E-state index contributed by atoms with van der Waals surface area (Å²) in [6.07, 6.45) is 7.00. The largest absolute Gasteiger partial charge is 0.489 e. The Morgan fingerprint density at radius 1 is 0.844 bits per heavy atom. The number of amides is 2. The van der Waals surface area contributed by atoms with E-state index in [0.29, 0.717) is 24.5 Å². The van der Waals surface area contributed by atoms with Gasteiger partial charge >= 0.3 is 0 Å². The van der Waals surface area contributed by atoms with Crippen molar-refractivity contribution >= 4 is 11.8 Å². The second-order valence-corrected chi connectivity index (χ2v) is 7.43. The van der Waals surface area contributed by atoms with Gasteiger partial charge < -0.3 is 15.0 Å². The Balaban J connectivity index is 1.36. The number of benzene rings is 3. The van der Waals surface area contributed by atoms with Crippen LogP contribution in [0.4, 0.5) is 0 Å². The van der Waals surface area contributed by atoms with E-state index in [1.165, 1.54) is 0 Å². The molecule has 1 atom stereocenters.